The molecule has 0 aromatic heterocycles. The van der Waals surface area contributed by atoms with Crippen LogP contribution in [0.3, 0.4) is 0 Å². The third kappa shape index (κ3) is 2.62. The summed E-state index contributed by atoms with van der Waals surface area (Å²) in [5.41, 5.74) is 10.0. The van der Waals surface area contributed by atoms with Crippen molar-refractivity contribution in [2.75, 3.05) is 24.1 Å². The fourth-order valence-corrected chi connectivity index (χ4v) is 2.52. The van der Waals surface area contributed by atoms with Crippen LogP contribution in [0.25, 0.3) is 0 Å². The van der Waals surface area contributed by atoms with Crippen molar-refractivity contribution in [2.24, 2.45) is 0 Å². The van der Waals surface area contributed by atoms with E-state index in [1.165, 1.54) is 0 Å². The van der Waals surface area contributed by atoms with Crippen molar-refractivity contribution in [3.05, 3.63) is 34.9 Å². The molecule has 1 aliphatic heterocycles. The summed E-state index contributed by atoms with van der Waals surface area (Å²) in [5.74, 6) is 0. The molecule has 0 saturated heterocycles. The fourth-order valence-electron chi connectivity index (χ4n) is 2.30. The molecule has 0 radical (unpaired) electrons. The summed E-state index contributed by atoms with van der Waals surface area (Å²) >= 11 is 6.29. The van der Waals surface area contributed by atoms with Gasteiger partial charge in [0.15, 0.2) is 0 Å². The van der Waals surface area contributed by atoms with E-state index in [4.69, 9.17) is 17.3 Å². The monoisotopic (exact) mass is 265 g/mol. The van der Waals surface area contributed by atoms with Gasteiger partial charge in [0.1, 0.15) is 0 Å². The Hall–Kier alpha value is -1.19. The van der Waals surface area contributed by atoms with Gasteiger partial charge in [0.05, 0.1) is 11.4 Å². The molecule has 0 bridgehead atoms. The Balaban J connectivity index is 2.36. The van der Waals surface area contributed by atoms with Gasteiger partial charge in [-0.05, 0) is 26.0 Å². The van der Waals surface area contributed by atoms with Crippen molar-refractivity contribution in [2.45, 2.75) is 26.4 Å². The van der Waals surface area contributed by atoms with Crippen LogP contribution in [0, 0.1) is 0 Å². The Kier molecular flexibility index (Phi) is 3.83. The van der Waals surface area contributed by atoms with Gasteiger partial charge in [-0.3, -0.25) is 4.90 Å². The normalized spacial score (nSPS) is 19.8. The first kappa shape index (κ1) is 13.2. The van der Waals surface area contributed by atoms with E-state index >= 15 is 0 Å². The Morgan fingerprint density at radius 3 is 3.00 bits per heavy atom. The molecule has 0 aliphatic carbocycles. The zero-order valence-electron chi connectivity index (χ0n) is 11.0. The number of anilines is 2. The fraction of sp³-hybridized carbons (Fsp3) is 0.429. The minimum absolute atomic E-state index is 0.421. The molecule has 4 heteroatoms. The van der Waals surface area contributed by atoms with Crippen molar-refractivity contribution in [3.63, 3.8) is 0 Å². The van der Waals surface area contributed by atoms with Gasteiger partial charge in [0.2, 0.25) is 0 Å². The lowest BCUT2D eigenvalue weighted by Crippen LogP contribution is -2.36. The summed E-state index contributed by atoms with van der Waals surface area (Å²) < 4.78 is 0. The number of hydrogen-bond donors (Lipinski definition) is 2. The third-order valence-corrected chi connectivity index (χ3v) is 3.67. The highest BCUT2D eigenvalue weighted by atomic mass is 35.5. The van der Waals surface area contributed by atoms with Crippen LogP contribution in [0.15, 0.2) is 24.3 Å². The standard InChI is InChI=1S/C14H20ClN3/c1-9(2)7-18-8-11-12(15)4-5-13(16)14(11)17-6-10(18)3/h4-5,10,17H,1,6-8,16H2,2-3H3/t10-/m0/s1. The maximum Gasteiger partial charge on any atom is 0.0635 e. The minimum atomic E-state index is 0.421. The van der Waals surface area contributed by atoms with Gasteiger partial charge >= 0.3 is 0 Å². The number of nitrogens with two attached hydrogens (primary N) is 1. The number of nitrogen functional groups attached to an aromatic ring is 1. The van der Waals surface area contributed by atoms with Gasteiger partial charge in [-0.25, -0.2) is 0 Å². The lowest BCUT2D eigenvalue weighted by atomic mass is 10.1. The molecule has 98 valence electrons. The van der Waals surface area contributed by atoms with Crippen LogP contribution in [-0.4, -0.2) is 24.0 Å². The van der Waals surface area contributed by atoms with Crippen molar-refractivity contribution in [1.82, 2.24) is 4.90 Å². The smallest absolute Gasteiger partial charge is 0.0635 e. The van der Waals surface area contributed by atoms with Gasteiger partial charge in [-0.1, -0.05) is 23.8 Å². The van der Waals surface area contributed by atoms with E-state index in [0.29, 0.717) is 6.04 Å². The van der Waals surface area contributed by atoms with E-state index in [1.54, 1.807) is 0 Å². The summed E-state index contributed by atoms with van der Waals surface area (Å²) in [6.45, 7) is 10.8. The van der Waals surface area contributed by atoms with E-state index in [0.717, 1.165) is 47.2 Å². The molecule has 1 heterocycles. The molecule has 3 nitrogen and oxygen atoms in total. The molecule has 0 unspecified atom stereocenters. The second-order valence-corrected chi connectivity index (χ2v) is 5.49. The second kappa shape index (κ2) is 5.21. The minimum Gasteiger partial charge on any atom is -0.397 e. The molecule has 3 N–H and O–H groups in total. The lowest BCUT2D eigenvalue weighted by molar-refractivity contribution is 0.231. The Morgan fingerprint density at radius 2 is 2.33 bits per heavy atom. The zero-order chi connectivity index (χ0) is 13.3. The summed E-state index contributed by atoms with van der Waals surface area (Å²) in [7, 11) is 0. The molecule has 0 spiro atoms. The molecule has 18 heavy (non-hydrogen) atoms. The molecule has 0 amide bonds. The number of nitrogens with one attached hydrogen (secondary N) is 1. The van der Waals surface area contributed by atoms with Gasteiger partial charge in [0, 0.05) is 36.3 Å². The molecule has 2 rings (SSSR count). The Labute approximate surface area is 114 Å². The van der Waals surface area contributed by atoms with Crippen LogP contribution in [0.5, 0.6) is 0 Å². The maximum atomic E-state index is 6.29. The highest BCUT2D eigenvalue weighted by Crippen LogP contribution is 2.33. The number of hydrogen-bond acceptors (Lipinski definition) is 3. The molecule has 1 atom stereocenters. The summed E-state index contributed by atoms with van der Waals surface area (Å²) in [6.07, 6.45) is 0. The number of fused-ring (bicyclic) bond motifs is 1. The van der Waals surface area contributed by atoms with E-state index in [-0.39, 0.29) is 0 Å². The second-order valence-electron chi connectivity index (χ2n) is 5.08. The summed E-state index contributed by atoms with van der Waals surface area (Å²) in [4.78, 5) is 2.37. The predicted octanol–water partition coefficient (Wildman–Crippen LogP) is 3.11. The average Bonchev–Trinajstić information content (AvgIpc) is 2.45. The maximum absolute atomic E-state index is 6.29. The first-order chi connectivity index (χ1) is 8.49. The van der Waals surface area contributed by atoms with Crippen LogP contribution in [-0.2, 0) is 6.54 Å². The SMILES string of the molecule is C=C(C)CN1Cc2c(Cl)ccc(N)c2NC[C@@H]1C. The molecule has 1 aromatic carbocycles. The highest BCUT2D eigenvalue weighted by Gasteiger charge is 2.22. The summed E-state index contributed by atoms with van der Waals surface area (Å²) in [5, 5.41) is 4.18. The van der Waals surface area contributed by atoms with Crippen LogP contribution in [0.4, 0.5) is 11.4 Å². The topological polar surface area (TPSA) is 41.3 Å². The van der Waals surface area contributed by atoms with Gasteiger partial charge in [-0.15, -0.1) is 0 Å². The van der Waals surface area contributed by atoms with Gasteiger partial charge in [0.25, 0.3) is 0 Å². The van der Waals surface area contributed by atoms with Crippen molar-refractivity contribution in [1.29, 1.82) is 0 Å². The van der Waals surface area contributed by atoms with Crippen LogP contribution < -0.4 is 11.1 Å². The molecule has 0 fully saturated rings. The van der Waals surface area contributed by atoms with Gasteiger partial charge in [-0.2, -0.15) is 0 Å². The zero-order valence-corrected chi connectivity index (χ0v) is 11.7. The number of benzene rings is 1. The van der Waals surface area contributed by atoms with Crippen molar-refractivity contribution >= 4 is 23.0 Å². The van der Waals surface area contributed by atoms with E-state index in [9.17, 15) is 0 Å². The van der Waals surface area contributed by atoms with Gasteiger partial charge < -0.3 is 11.1 Å². The Bertz CT molecular complexity index is 470. The van der Waals surface area contributed by atoms with Crippen molar-refractivity contribution in [3.8, 4) is 0 Å². The van der Waals surface area contributed by atoms with Crippen LogP contribution >= 0.6 is 11.6 Å². The molecule has 0 saturated carbocycles. The van der Waals surface area contributed by atoms with Crippen molar-refractivity contribution < 1.29 is 0 Å². The summed E-state index contributed by atoms with van der Waals surface area (Å²) in [6, 6.07) is 4.14. The number of rotatable bonds is 2. The third-order valence-electron chi connectivity index (χ3n) is 3.32. The van der Waals surface area contributed by atoms with E-state index in [1.807, 2.05) is 19.1 Å². The quantitative estimate of drug-likeness (QED) is 0.638. The predicted molar refractivity (Wildman–Crippen MR) is 79.0 cm³/mol. The molecule has 1 aromatic rings. The highest BCUT2D eigenvalue weighted by molar-refractivity contribution is 6.32. The number of nitrogens with zero attached hydrogens (tertiary/aromatic N) is 1. The Morgan fingerprint density at radius 1 is 1.61 bits per heavy atom. The van der Waals surface area contributed by atoms with E-state index < -0.39 is 0 Å². The first-order valence-corrected chi connectivity index (χ1v) is 6.56. The molecule has 1 aliphatic rings. The average molecular weight is 266 g/mol. The van der Waals surface area contributed by atoms with Crippen LogP contribution in [0.1, 0.15) is 19.4 Å². The van der Waals surface area contributed by atoms with E-state index in [2.05, 4.69) is 23.7 Å². The lowest BCUT2D eigenvalue weighted by Gasteiger charge is -2.26. The largest absolute Gasteiger partial charge is 0.397 e. The molecular formula is C14H20ClN3. The molecular weight excluding hydrogens is 246 g/mol. The van der Waals surface area contributed by atoms with Crippen LogP contribution in [0.2, 0.25) is 5.02 Å². The first-order valence-electron chi connectivity index (χ1n) is 6.18. The number of halogens is 1.